The van der Waals surface area contributed by atoms with Gasteiger partial charge in [0.25, 0.3) is 0 Å². The fourth-order valence-electron chi connectivity index (χ4n) is 3.04. The van der Waals surface area contributed by atoms with Gasteiger partial charge in [0.1, 0.15) is 5.75 Å². The monoisotopic (exact) mass is 346 g/mol. The van der Waals surface area contributed by atoms with Crippen LogP contribution >= 0.6 is 0 Å². The summed E-state index contributed by atoms with van der Waals surface area (Å²) in [6.07, 6.45) is 0. The average Bonchev–Trinajstić information content (AvgIpc) is 3.11. The van der Waals surface area contributed by atoms with Crippen molar-refractivity contribution >= 4 is 5.52 Å². The molecule has 26 heavy (non-hydrogen) atoms. The maximum Gasteiger partial charge on any atom is 0.161 e. The molecule has 0 spiro atoms. The molecule has 2 aromatic heterocycles. The number of fused-ring (bicyclic) bond motifs is 1. The van der Waals surface area contributed by atoms with Gasteiger partial charge in [0.05, 0.1) is 31.1 Å². The van der Waals surface area contributed by atoms with Gasteiger partial charge in [-0.05, 0) is 54.6 Å². The van der Waals surface area contributed by atoms with Crippen LogP contribution in [0.2, 0.25) is 0 Å². The Kier molecular flexibility index (Phi) is 3.97. The Hall–Kier alpha value is -3.47. The zero-order valence-electron chi connectivity index (χ0n) is 14.5. The lowest BCUT2D eigenvalue weighted by Gasteiger charge is -2.10. The highest BCUT2D eigenvalue weighted by Crippen LogP contribution is 2.33. The Morgan fingerprint density at radius 1 is 0.846 bits per heavy atom. The Morgan fingerprint density at radius 2 is 1.62 bits per heavy atom. The van der Waals surface area contributed by atoms with E-state index < -0.39 is 0 Å². The van der Waals surface area contributed by atoms with Crippen molar-refractivity contribution in [3.05, 3.63) is 66.7 Å². The van der Waals surface area contributed by atoms with Crippen molar-refractivity contribution in [2.75, 3.05) is 14.2 Å². The second-order valence-electron chi connectivity index (χ2n) is 5.86. The number of ether oxygens (including phenoxy) is 2. The molecule has 130 valence electrons. The lowest BCUT2D eigenvalue weighted by molar-refractivity contribution is 0.373. The molecule has 0 aliphatic heterocycles. The fourth-order valence-corrected chi connectivity index (χ4v) is 3.04. The van der Waals surface area contributed by atoms with E-state index in [1.54, 1.807) is 19.2 Å². The summed E-state index contributed by atoms with van der Waals surface area (Å²) in [5.41, 5.74) is 4.54. The number of benzene rings is 2. The topological polar surface area (TPSA) is 56.0 Å². The largest absolute Gasteiger partial charge is 0.504 e. The molecule has 4 rings (SSSR count). The summed E-state index contributed by atoms with van der Waals surface area (Å²) < 4.78 is 12.6. The number of aromatic nitrogens is 2. The lowest BCUT2D eigenvalue weighted by atomic mass is 10.1. The first-order valence-electron chi connectivity index (χ1n) is 8.21. The molecule has 0 saturated carbocycles. The van der Waals surface area contributed by atoms with Crippen LogP contribution in [0.3, 0.4) is 0 Å². The summed E-state index contributed by atoms with van der Waals surface area (Å²) in [6, 6.07) is 21.1. The number of hydrogen-bond acceptors (Lipinski definition) is 4. The van der Waals surface area contributed by atoms with Crippen LogP contribution in [-0.2, 0) is 0 Å². The third-order valence-corrected chi connectivity index (χ3v) is 4.36. The number of methoxy groups -OCH3 is 2. The molecular formula is C21H18N2O3. The highest BCUT2D eigenvalue weighted by molar-refractivity contribution is 5.72. The van der Waals surface area contributed by atoms with E-state index >= 15 is 0 Å². The number of phenols is 1. The molecule has 5 nitrogen and oxygen atoms in total. The van der Waals surface area contributed by atoms with Crippen LogP contribution in [-0.4, -0.2) is 28.9 Å². The first-order valence-corrected chi connectivity index (χ1v) is 8.21. The Morgan fingerprint density at radius 3 is 2.42 bits per heavy atom. The zero-order valence-corrected chi connectivity index (χ0v) is 14.5. The van der Waals surface area contributed by atoms with E-state index in [1.807, 2.05) is 59.1 Å². The first-order chi connectivity index (χ1) is 12.7. The molecule has 2 aromatic carbocycles. The molecule has 0 saturated heterocycles. The fraction of sp³-hybridized carbons (Fsp3) is 0.0952. The summed E-state index contributed by atoms with van der Waals surface area (Å²) in [5.74, 6) is 1.32. The minimum Gasteiger partial charge on any atom is -0.504 e. The van der Waals surface area contributed by atoms with Crippen molar-refractivity contribution < 1.29 is 14.6 Å². The average molecular weight is 346 g/mol. The molecule has 0 aliphatic rings. The van der Waals surface area contributed by atoms with Gasteiger partial charge in [0.2, 0.25) is 0 Å². The first kappa shape index (κ1) is 16.0. The number of para-hydroxylation sites is 1. The van der Waals surface area contributed by atoms with E-state index in [0.717, 1.165) is 33.8 Å². The number of nitrogens with zero attached hydrogens (tertiary/aromatic N) is 2. The highest BCUT2D eigenvalue weighted by atomic mass is 16.5. The number of phenolic OH excluding ortho intramolecular Hbond substituents is 1. The summed E-state index contributed by atoms with van der Waals surface area (Å²) in [4.78, 5) is 0. The van der Waals surface area contributed by atoms with Gasteiger partial charge in [-0.2, -0.15) is 5.10 Å². The van der Waals surface area contributed by atoms with Gasteiger partial charge in [-0.15, -0.1) is 0 Å². The SMILES string of the molecule is COc1cc(-c2ccc3ccc(-c4ccccc4OC)nn23)ccc1O. The molecule has 0 unspecified atom stereocenters. The van der Waals surface area contributed by atoms with Gasteiger partial charge in [-0.3, -0.25) is 0 Å². The van der Waals surface area contributed by atoms with Crippen LogP contribution in [0.1, 0.15) is 0 Å². The Balaban J connectivity index is 1.88. The Bertz CT molecular complexity index is 1090. The van der Waals surface area contributed by atoms with Crippen LogP contribution in [0.15, 0.2) is 66.7 Å². The van der Waals surface area contributed by atoms with E-state index in [-0.39, 0.29) is 5.75 Å². The number of rotatable bonds is 4. The highest BCUT2D eigenvalue weighted by Gasteiger charge is 2.12. The number of hydrogen-bond donors (Lipinski definition) is 1. The summed E-state index contributed by atoms with van der Waals surface area (Å²) in [7, 11) is 3.19. The summed E-state index contributed by atoms with van der Waals surface area (Å²) in [6.45, 7) is 0. The van der Waals surface area contributed by atoms with E-state index in [0.29, 0.717) is 5.75 Å². The summed E-state index contributed by atoms with van der Waals surface area (Å²) >= 11 is 0. The maximum absolute atomic E-state index is 9.83. The standard InChI is InChI=1S/C21H18N2O3/c1-25-20-6-4-3-5-16(20)17-10-8-15-9-11-18(23(15)22-17)14-7-12-19(24)21(13-14)26-2/h3-13,24H,1-2H3. The van der Waals surface area contributed by atoms with Crippen molar-refractivity contribution in [1.29, 1.82) is 0 Å². The minimum absolute atomic E-state index is 0.111. The van der Waals surface area contributed by atoms with Gasteiger partial charge in [0.15, 0.2) is 11.5 Å². The normalized spacial score (nSPS) is 10.8. The van der Waals surface area contributed by atoms with E-state index in [4.69, 9.17) is 14.6 Å². The van der Waals surface area contributed by atoms with E-state index in [9.17, 15) is 5.11 Å². The smallest absolute Gasteiger partial charge is 0.161 e. The predicted octanol–water partition coefficient (Wildman–Crippen LogP) is 4.39. The molecule has 5 heteroatoms. The molecule has 0 bridgehead atoms. The van der Waals surface area contributed by atoms with Gasteiger partial charge in [-0.1, -0.05) is 12.1 Å². The van der Waals surface area contributed by atoms with Gasteiger partial charge in [-0.25, -0.2) is 4.52 Å². The van der Waals surface area contributed by atoms with Crippen molar-refractivity contribution in [1.82, 2.24) is 9.61 Å². The number of aromatic hydroxyl groups is 1. The molecule has 4 aromatic rings. The predicted molar refractivity (Wildman–Crippen MR) is 101 cm³/mol. The van der Waals surface area contributed by atoms with E-state index in [2.05, 4.69) is 0 Å². The van der Waals surface area contributed by atoms with Gasteiger partial charge >= 0.3 is 0 Å². The Labute approximate surface area is 151 Å². The van der Waals surface area contributed by atoms with Crippen LogP contribution in [0.25, 0.3) is 28.0 Å². The molecule has 0 atom stereocenters. The minimum atomic E-state index is 0.111. The maximum atomic E-state index is 9.83. The van der Waals surface area contributed by atoms with E-state index in [1.165, 1.54) is 7.11 Å². The third kappa shape index (κ3) is 2.63. The van der Waals surface area contributed by atoms with Crippen LogP contribution in [0.5, 0.6) is 17.2 Å². The van der Waals surface area contributed by atoms with Crippen molar-refractivity contribution in [3.8, 4) is 39.8 Å². The second-order valence-corrected chi connectivity index (χ2v) is 5.86. The second kappa shape index (κ2) is 6.44. The molecule has 0 amide bonds. The quantitative estimate of drug-likeness (QED) is 0.595. The van der Waals surface area contributed by atoms with Crippen LogP contribution in [0, 0.1) is 0 Å². The zero-order chi connectivity index (χ0) is 18.1. The van der Waals surface area contributed by atoms with Crippen LogP contribution in [0.4, 0.5) is 0 Å². The lowest BCUT2D eigenvalue weighted by Crippen LogP contribution is -1.98. The third-order valence-electron chi connectivity index (χ3n) is 4.36. The molecule has 2 heterocycles. The molecule has 0 fully saturated rings. The van der Waals surface area contributed by atoms with Crippen molar-refractivity contribution in [2.24, 2.45) is 0 Å². The van der Waals surface area contributed by atoms with Crippen molar-refractivity contribution in [3.63, 3.8) is 0 Å². The molecule has 1 N–H and O–H groups in total. The van der Waals surface area contributed by atoms with Crippen molar-refractivity contribution in [2.45, 2.75) is 0 Å². The van der Waals surface area contributed by atoms with Gasteiger partial charge < -0.3 is 14.6 Å². The summed E-state index contributed by atoms with van der Waals surface area (Å²) in [5, 5.41) is 14.6. The molecule has 0 radical (unpaired) electrons. The van der Waals surface area contributed by atoms with Gasteiger partial charge in [0, 0.05) is 11.1 Å². The molecular weight excluding hydrogens is 328 g/mol. The molecule has 0 aliphatic carbocycles. The van der Waals surface area contributed by atoms with Crippen LogP contribution < -0.4 is 9.47 Å².